The van der Waals surface area contributed by atoms with Crippen LogP contribution in [-0.4, -0.2) is 24.0 Å². The summed E-state index contributed by atoms with van der Waals surface area (Å²) in [6, 6.07) is 7.63. The third kappa shape index (κ3) is 2.76. The van der Waals surface area contributed by atoms with E-state index >= 15 is 0 Å². The monoisotopic (exact) mass is 269 g/mol. The molecule has 0 fully saturated rings. The fourth-order valence-corrected chi connectivity index (χ4v) is 1.97. The van der Waals surface area contributed by atoms with Gasteiger partial charge in [-0.3, -0.25) is 9.63 Å². The van der Waals surface area contributed by atoms with Crippen molar-refractivity contribution >= 4 is 5.91 Å². The van der Waals surface area contributed by atoms with E-state index < -0.39 is 17.7 Å². The van der Waals surface area contributed by atoms with Crippen LogP contribution in [0, 0.1) is 5.41 Å². The van der Waals surface area contributed by atoms with Crippen LogP contribution in [0.1, 0.15) is 25.0 Å². The first kappa shape index (κ1) is 13.9. The number of nitrogens with zero attached hydrogens (tertiary/aromatic N) is 1. The van der Waals surface area contributed by atoms with Crippen molar-refractivity contribution in [2.45, 2.75) is 33.2 Å². The second-order valence-corrected chi connectivity index (χ2v) is 5.22. The van der Waals surface area contributed by atoms with E-state index in [1.54, 1.807) is 0 Å². The first-order valence-corrected chi connectivity index (χ1v) is 6.22. The Morgan fingerprint density at radius 3 is 2.58 bits per heavy atom. The number of halogens is 2. The Kier molecular flexibility index (Phi) is 3.85. The fourth-order valence-electron chi connectivity index (χ4n) is 1.97. The number of carbonyl (C=O) groups is 1. The Balaban J connectivity index is 2.21. The highest BCUT2D eigenvalue weighted by Gasteiger charge is 2.41. The van der Waals surface area contributed by atoms with Crippen LogP contribution in [0.4, 0.5) is 8.78 Å². The van der Waals surface area contributed by atoms with Gasteiger partial charge in [-0.15, -0.1) is 0 Å². The summed E-state index contributed by atoms with van der Waals surface area (Å²) in [5.74, 6) is -0.681. The maximum Gasteiger partial charge on any atom is 0.257 e. The van der Waals surface area contributed by atoms with Crippen LogP contribution in [0.2, 0.25) is 0 Å². The molecular formula is C14H17F2NO2. The average Bonchev–Trinajstić information content (AvgIpc) is 2.59. The molecular weight excluding hydrogens is 252 g/mol. The van der Waals surface area contributed by atoms with Gasteiger partial charge in [0, 0.05) is 0 Å². The molecule has 0 saturated carbocycles. The van der Waals surface area contributed by atoms with Gasteiger partial charge in [-0.1, -0.05) is 24.3 Å². The zero-order valence-corrected chi connectivity index (χ0v) is 11.0. The number of fused-ring (bicyclic) bond motifs is 1. The third-order valence-electron chi connectivity index (χ3n) is 3.37. The Morgan fingerprint density at radius 1 is 1.32 bits per heavy atom. The number of hydrogen-bond acceptors (Lipinski definition) is 2. The van der Waals surface area contributed by atoms with Gasteiger partial charge in [-0.25, -0.2) is 13.8 Å². The number of alkyl halides is 2. The van der Waals surface area contributed by atoms with E-state index in [4.69, 9.17) is 4.84 Å². The van der Waals surface area contributed by atoms with E-state index in [1.807, 2.05) is 24.3 Å². The fraction of sp³-hybridized carbons (Fsp3) is 0.500. The molecule has 0 saturated heterocycles. The van der Waals surface area contributed by atoms with Crippen molar-refractivity contribution in [1.29, 1.82) is 0 Å². The molecule has 1 aromatic rings. The van der Waals surface area contributed by atoms with E-state index in [1.165, 1.54) is 13.8 Å². The minimum atomic E-state index is -2.72. The van der Waals surface area contributed by atoms with Gasteiger partial charge < -0.3 is 0 Å². The molecule has 19 heavy (non-hydrogen) atoms. The molecule has 1 heterocycles. The molecule has 0 aliphatic carbocycles. The number of hydroxylamine groups is 2. The number of carbonyl (C=O) groups excluding carboxylic acids is 1. The second kappa shape index (κ2) is 5.25. The highest BCUT2D eigenvalue weighted by molar-refractivity contribution is 5.81. The molecule has 0 bridgehead atoms. The molecule has 0 aromatic heterocycles. The summed E-state index contributed by atoms with van der Waals surface area (Å²) in [7, 11) is 0. The minimum absolute atomic E-state index is 0.213. The number of amides is 1. The summed E-state index contributed by atoms with van der Waals surface area (Å²) in [4.78, 5) is 17.5. The van der Waals surface area contributed by atoms with Crippen molar-refractivity contribution < 1.29 is 18.4 Å². The molecule has 1 amide bonds. The normalized spacial score (nSPS) is 16.2. The molecule has 2 rings (SSSR count). The van der Waals surface area contributed by atoms with Crippen molar-refractivity contribution in [3.05, 3.63) is 35.4 Å². The number of rotatable bonds is 2. The van der Waals surface area contributed by atoms with Crippen LogP contribution in [-0.2, 0) is 22.6 Å². The van der Waals surface area contributed by atoms with Gasteiger partial charge in [0.1, 0.15) is 5.41 Å². The quantitative estimate of drug-likeness (QED) is 0.826. The van der Waals surface area contributed by atoms with E-state index in [2.05, 4.69) is 0 Å². The van der Waals surface area contributed by atoms with E-state index in [-0.39, 0.29) is 6.54 Å². The van der Waals surface area contributed by atoms with Crippen molar-refractivity contribution in [1.82, 2.24) is 5.06 Å². The van der Waals surface area contributed by atoms with E-state index in [9.17, 15) is 13.6 Å². The van der Waals surface area contributed by atoms with Gasteiger partial charge in [0.05, 0.1) is 13.2 Å². The summed E-state index contributed by atoms with van der Waals surface area (Å²) in [5, 5.41) is 1.07. The number of benzene rings is 1. The van der Waals surface area contributed by atoms with Crippen LogP contribution in [0.3, 0.4) is 0 Å². The molecule has 1 aliphatic rings. The smallest absolute Gasteiger partial charge is 0.257 e. The van der Waals surface area contributed by atoms with Crippen LogP contribution >= 0.6 is 0 Å². The van der Waals surface area contributed by atoms with Crippen molar-refractivity contribution in [3.63, 3.8) is 0 Å². The first-order valence-electron chi connectivity index (χ1n) is 6.22. The third-order valence-corrected chi connectivity index (χ3v) is 3.37. The van der Waals surface area contributed by atoms with Crippen molar-refractivity contribution in [3.8, 4) is 0 Å². The van der Waals surface area contributed by atoms with Crippen LogP contribution in [0.5, 0.6) is 0 Å². The average molecular weight is 269 g/mol. The minimum Gasteiger partial charge on any atom is -0.272 e. The van der Waals surface area contributed by atoms with Crippen LogP contribution in [0.15, 0.2) is 24.3 Å². The maximum atomic E-state index is 12.9. The predicted molar refractivity (Wildman–Crippen MR) is 66.4 cm³/mol. The molecule has 0 N–H and O–H groups in total. The van der Waals surface area contributed by atoms with Crippen molar-refractivity contribution in [2.75, 3.05) is 6.61 Å². The standard InChI is InChI=1S/C14H17F2NO2/c1-14(2,12(15)16)13(18)17-9-11-6-4-3-5-10(11)7-8-19-17/h3-6,12H,7-9H2,1-2H3. The Morgan fingerprint density at radius 2 is 1.95 bits per heavy atom. The lowest BCUT2D eigenvalue weighted by molar-refractivity contribution is -0.204. The second-order valence-electron chi connectivity index (χ2n) is 5.22. The lowest BCUT2D eigenvalue weighted by Crippen LogP contribution is -2.44. The lowest BCUT2D eigenvalue weighted by atomic mass is 9.92. The summed E-state index contributed by atoms with van der Waals surface area (Å²) >= 11 is 0. The first-order chi connectivity index (χ1) is 8.93. The largest absolute Gasteiger partial charge is 0.272 e. The van der Waals surface area contributed by atoms with Gasteiger partial charge in [-0.05, 0) is 31.4 Å². The van der Waals surface area contributed by atoms with E-state index in [0.29, 0.717) is 13.0 Å². The summed E-state index contributed by atoms with van der Waals surface area (Å²) in [6.45, 7) is 3.01. The Labute approximate surface area is 111 Å². The van der Waals surface area contributed by atoms with Crippen LogP contribution < -0.4 is 0 Å². The zero-order chi connectivity index (χ0) is 14.0. The highest BCUT2D eigenvalue weighted by Crippen LogP contribution is 2.29. The van der Waals surface area contributed by atoms with Crippen LogP contribution in [0.25, 0.3) is 0 Å². The molecule has 5 heteroatoms. The molecule has 0 spiro atoms. The molecule has 1 aromatic carbocycles. The Hall–Kier alpha value is -1.49. The Bertz CT molecular complexity index is 474. The SMILES string of the molecule is CC(C)(C(=O)N1Cc2ccccc2CCO1)C(F)F. The summed E-state index contributed by atoms with van der Waals surface area (Å²) < 4.78 is 25.8. The van der Waals surface area contributed by atoms with E-state index in [0.717, 1.165) is 16.2 Å². The topological polar surface area (TPSA) is 29.5 Å². The lowest BCUT2D eigenvalue weighted by Gasteiger charge is -2.29. The predicted octanol–water partition coefficient (Wildman–Crippen LogP) is 2.79. The highest BCUT2D eigenvalue weighted by atomic mass is 19.3. The van der Waals surface area contributed by atoms with Gasteiger partial charge in [0.2, 0.25) is 0 Å². The molecule has 0 radical (unpaired) electrons. The molecule has 104 valence electrons. The molecule has 1 aliphatic heterocycles. The maximum absolute atomic E-state index is 12.9. The van der Waals surface area contributed by atoms with Gasteiger partial charge in [0.15, 0.2) is 0 Å². The molecule has 0 atom stereocenters. The zero-order valence-electron chi connectivity index (χ0n) is 11.0. The van der Waals surface area contributed by atoms with Gasteiger partial charge >= 0.3 is 0 Å². The molecule has 0 unspecified atom stereocenters. The van der Waals surface area contributed by atoms with Gasteiger partial charge in [-0.2, -0.15) is 0 Å². The summed E-state index contributed by atoms with van der Waals surface area (Å²) in [5.41, 5.74) is 0.297. The summed E-state index contributed by atoms with van der Waals surface area (Å²) in [6.07, 6.45) is -2.04. The van der Waals surface area contributed by atoms with Crippen molar-refractivity contribution in [2.24, 2.45) is 5.41 Å². The number of hydrogen-bond donors (Lipinski definition) is 0. The van der Waals surface area contributed by atoms with Gasteiger partial charge in [0.25, 0.3) is 12.3 Å². The molecule has 3 nitrogen and oxygen atoms in total.